The third kappa shape index (κ3) is 7.06. The first-order valence-corrected chi connectivity index (χ1v) is 10.5. The molecule has 1 atom stereocenters. The monoisotopic (exact) mass is 459 g/mol. The highest BCUT2D eigenvalue weighted by Crippen LogP contribution is 2.29. The van der Waals surface area contributed by atoms with Gasteiger partial charge in [-0.15, -0.1) is 0 Å². The Bertz CT molecular complexity index is 861. The largest absolute Gasteiger partial charge is 0.477 e. The van der Waals surface area contributed by atoms with Gasteiger partial charge in [0.05, 0.1) is 4.47 Å². The van der Waals surface area contributed by atoms with E-state index < -0.39 is 5.97 Å². The summed E-state index contributed by atoms with van der Waals surface area (Å²) in [7, 11) is 0. The number of carboxylic acid groups (broad SMARTS) is 1. The van der Waals surface area contributed by atoms with Gasteiger partial charge in [0.25, 0.3) is 0 Å². The molecule has 0 aliphatic heterocycles. The summed E-state index contributed by atoms with van der Waals surface area (Å²) in [4.78, 5) is 24.0. The minimum Gasteiger partial charge on any atom is -0.477 e. The van der Waals surface area contributed by atoms with Crippen LogP contribution >= 0.6 is 15.9 Å². The lowest BCUT2D eigenvalue weighted by Crippen LogP contribution is -2.32. The molecule has 0 heterocycles. The molecule has 0 aliphatic rings. The summed E-state index contributed by atoms with van der Waals surface area (Å²) in [5.41, 5.74) is 0.521. The van der Waals surface area contributed by atoms with Crippen LogP contribution in [0.3, 0.4) is 0 Å². The van der Waals surface area contributed by atoms with E-state index in [9.17, 15) is 14.7 Å². The zero-order valence-corrected chi connectivity index (χ0v) is 18.2. The number of halogens is 1. The Labute approximate surface area is 179 Å². The minimum atomic E-state index is -1.17. The fourth-order valence-electron chi connectivity index (χ4n) is 2.81. The van der Waals surface area contributed by atoms with E-state index in [2.05, 4.69) is 28.2 Å². The molecule has 0 bridgehead atoms. The van der Waals surface area contributed by atoms with Crippen LogP contribution in [0.4, 0.5) is 0 Å². The molecule has 154 valence electrons. The van der Waals surface area contributed by atoms with Gasteiger partial charge in [-0.25, -0.2) is 4.79 Å². The van der Waals surface area contributed by atoms with Crippen LogP contribution < -0.4 is 10.1 Å². The molecule has 0 spiro atoms. The van der Waals surface area contributed by atoms with E-state index in [4.69, 9.17) is 4.74 Å². The van der Waals surface area contributed by atoms with Gasteiger partial charge in [-0.3, -0.25) is 4.79 Å². The first-order valence-electron chi connectivity index (χ1n) is 9.72. The van der Waals surface area contributed by atoms with E-state index in [1.165, 1.54) is 6.08 Å². The molecule has 0 aromatic heterocycles. The maximum absolute atomic E-state index is 12.4. The number of carbonyl (C=O) groups excluding carboxylic acids is 1. The molecule has 0 saturated heterocycles. The minimum absolute atomic E-state index is 0.135. The van der Waals surface area contributed by atoms with Gasteiger partial charge in [0.1, 0.15) is 17.2 Å². The van der Waals surface area contributed by atoms with Gasteiger partial charge in [0.15, 0.2) is 0 Å². The van der Waals surface area contributed by atoms with Crippen molar-refractivity contribution in [3.8, 4) is 11.5 Å². The lowest BCUT2D eigenvalue weighted by Gasteiger charge is -2.15. The van der Waals surface area contributed by atoms with Crippen molar-refractivity contribution in [3.63, 3.8) is 0 Å². The third-order valence-electron chi connectivity index (χ3n) is 4.51. The number of rotatable bonds is 10. The van der Waals surface area contributed by atoms with Gasteiger partial charge in [0, 0.05) is 5.92 Å². The van der Waals surface area contributed by atoms with Crippen molar-refractivity contribution in [1.82, 2.24) is 5.32 Å². The van der Waals surface area contributed by atoms with Crippen LogP contribution in [0.1, 0.15) is 45.1 Å². The number of hydrogen-bond donors (Lipinski definition) is 2. The molecule has 0 saturated carbocycles. The maximum atomic E-state index is 12.4. The highest BCUT2D eigenvalue weighted by atomic mass is 79.9. The Balaban J connectivity index is 2.11. The van der Waals surface area contributed by atoms with Crippen molar-refractivity contribution in [3.05, 3.63) is 64.3 Å². The second-order valence-electron chi connectivity index (χ2n) is 6.70. The van der Waals surface area contributed by atoms with Crippen molar-refractivity contribution < 1.29 is 19.4 Å². The zero-order chi connectivity index (χ0) is 21.2. The lowest BCUT2D eigenvalue weighted by molar-refractivity contribution is -0.135. The average Bonchev–Trinajstić information content (AvgIpc) is 2.71. The Hall–Kier alpha value is -2.60. The van der Waals surface area contributed by atoms with Crippen molar-refractivity contribution in [2.75, 3.05) is 0 Å². The average molecular weight is 460 g/mol. The van der Waals surface area contributed by atoms with Gasteiger partial charge in [-0.05, 0) is 64.7 Å². The first-order chi connectivity index (χ1) is 13.9. The molecule has 1 amide bonds. The van der Waals surface area contributed by atoms with E-state index >= 15 is 0 Å². The smallest absolute Gasteiger partial charge is 0.352 e. The van der Waals surface area contributed by atoms with Gasteiger partial charge < -0.3 is 15.2 Å². The van der Waals surface area contributed by atoms with Crippen LogP contribution in [0.15, 0.2) is 58.7 Å². The molecule has 2 N–H and O–H groups in total. The number of unbranched alkanes of at least 4 members (excludes halogenated alkanes) is 1. The number of amides is 1. The summed E-state index contributed by atoms with van der Waals surface area (Å²) in [6.07, 6.45) is 4.83. The molecule has 6 heteroatoms. The molecular formula is C23H26BrNO4. The van der Waals surface area contributed by atoms with E-state index in [0.717, 1.165) is 23.7 Å². The molecule has 0 aliphatic carbocycles. The highest BCUT2D eigenvalue weighted by molar-refractivity contribution is 9.10. The number of benzene rings is 2. The summed E-state index contributed by atoms with van der Waals surface area (Å²) in [6, 6.07) is 14.5. The Morgan fingerprint density at radius 1 is 1.14 bits per heavy atom. The molecule has 1 unspecified atom stereocenters. The molecule has 0 radical (unpaired) electrons. The molecule has 2 rings (SSSR count). The van der Waals surface area contributed by atoms with Gasteiger partial charge in [-0.1, -0.05) is 51.0 Å². The van der Waals surface area contributed by atoms with Gasteiger partial charge >= 0.3 is 5.97 Å². The number of ether oxygens (including phenoxy) is 1. The summed E-state index contributed by atoms with van der Waals surface area (Å²) >= 11 is 3.43. The maximum Gasteiger partial charge on any atom is 0.352 e. The van der Waals surface area contributed by atoms with Crippen LogP contribution in [0.2, 0.25) is 0 Å². The predicted octanol–water partition coefficient (Wildman–Crippen LogP) is 6.00. The van der Waals surface area contributed by atoms with Crippen LogP contribution in [0.5, 0.6) is 11.5 Å². The van der Waals surface area contributed by atoms with Crippen molar-refractivity contribution in [2.45, 2.75) is 39.5 Å². The fraction of sp³-hybridized carbons (Fsp3) is 0.304. The summed E-state index contributed by atoms with van der Waals surface area (Å²) in [6.45, 7) is 4.00. The van der Waals surface area contributed by atoms with Crippen molar-refractivity contribution in [2.24, 2.45) is 5.92 Å². The van der Waals surface area contributed by atoms with Crippen LogP contribution in [-0.4, -0.2) is 17.0 Å². The first kappa shape index (κ1) is 22.7. The van der Waals surface area contributed by atoms with E-state index in [1.807, 2.05) is 31.2 Å². The standard InChI is InChI=1S/C23H26BrNO4/c1-3-5-8-17(4-2)22(26)25-20(23(27)28)15-16-11-13-18(14-12-16)29-21-10-7-6-9-19(21)24/h6-7,9-15,17H,3-5,8H2,1-2H3,(H,25,26)(H,27,28)/b20-15+. The van der Waals surface area contributed by atoms with Crippen LogP contribution in [0.25, 0.3) is 6.08 Å². The molecular weight excluding hydrogens is 434 g/mol. The van der Waals surface area contributed by atoms with Gasteiger partial charge in [0.2, 0.25) is 5.91 Å². The molecule has 2 aromatic carbocycles. The summed E-state index contributed by atoms with van der Waals surface area (Å²) in [5.74, 6) is -0.286. The van der Waals surface area contributed by atoms with Crippen molar-refractivity contribution in [1.29, 1.82) is 0 Å². The molecule has 29 heavy (non-hydrogen) atoms. The molecule has 0 fully saturated rings. The topological polar surface area (TPSA) is 75.6 Å². The third-order valence-corrected chi connectivity index (χ3v) is 5.17. The van der Waals surface area contributed by atoms with Crippen LogP contribution in [0, 0.1) is 5.92 Å². The fourth-order valence-corrected chi connectivity index (χ4v) is 3.18. The Morgan fingerprint density at radius 3 is 2.41 bits per heavy atom. The molecule has 2 aromatic rings. The number of carboxylic acids is 1. The number of nitrogens with one attached hydrogen (secondary N) is 1. The van der Waals surface area contributed by atoms with Crippen molar-refractivity contribution >= 4 is 33.9 Å². The SMILES string of the molecule is CCCCC(CC)C(=O)N/C(=C/c1ccc(Oc2ccccc2Br)cc1)C(=O)O. The number of hydrogen-bond acceptors (Lipinski definition) is 3. The number of para-hydroxylation sites is 1. The number of carbonyl (C=O) groups is 2. The number of aliphatic carboxylic acids is 1. The van der Waals surface area contributed by atoms with Crippen LogP contribution in [-0.2, 0) is 9.59 Å². The molecule has 5 nitrogen and oxygen atoms in total. The normalized spacial score (nSPS) is 12.3. The lowest BCUT2D eigenvalue weighted by atomic mass is 9.98. The zero-order valence-electron chi connectivity index (χ0n) is 16.7. The predicted molar refractivity (Wildman–Crippen MR) is 118 cm³/mol. The van der Waals surface area contributed by atoms with Gasteiger partial charge in [-0.2, -0.15) is 0 Å². The summed E-state index contributed by atoms with van der Waals surface area (Å²) in [5, 5.41) is 12.1. The highest BCUT2D eigenvalue weighted by Gasteiger charge is 2.19. The Morgan fingerprint density at radius 2 is 1.83 bits per heavy atom. The Kier molecular flexibility index (Phi) is 8.93. The summed E-state index contributed by atoms with van der Waals surface area (Å²) < 4.78 is 6.65. The second-order valence-corrected chi connectivity index (χ2v) is 7.56. The second kappa shape index (κ2) is 11.4. The quantitative estimate of drug-likeness (QED) is 0.427. The van der Waals surface area contributed by atoms with E-state index in [-0.39, 0.29) is 17.5 Å². The van der Waals surface area contributed by atoms with E-state index in [0.29, 0.717) is 23.5 Å². The van der Waals surface area contributed by atoms with E-state index in [1.54, 1.807) is 24.3 Å².